The van der Waals surface area contributed by atoms with Crippen LogP contribution in [0.25, 0.3) is 0 Å². The lowest BCUT2D eigenvalue weighted by molar-refractivity contribution is -0.122. The number of aliphatic hydroxyl groups is 1. The molecule has 2 N–H and O–H groups in total. The first-order valence-corrected chi connectivity index (χ1v) is 12.8. The molecule has 0 radical (unpaired) electrons. The number of carbonyl (C=O) groups is 1. The van der Waals surface area contributed by atoms with Gasteiger partial charge in [0.2, 0.25) is 5.91 Å². The molecule has 0 spiro atoms. The first-order chi connectivity index (χ1) is 15.0. The minimum Gasteiger partial charge on any atom is -0.492 e. The van der Waals surface area contributed by atoms with E-state index >= 15 is 0 Å². The van der Waals surface area contributed by atoms with Gasteiger partial charge in [0.25, 0.3) is 0 Å². The highest BCUT2D eigenvalue weighted by Crippen LogP contribution is 2.30. The zero-order valence-electron chi connectivity index (χ0n) is 19.9. The van der Waals surface area contributed by atoms with E-state index in [9.17, 15) is 9.90 Å². The fourth-order valence-electron chi connectivity index (χ4n) is 3.83. The highest BCUT2D eigenvalue weighted by molar-refractivity contribution is 6.32. The Labute approximate surface area is 195 Å². The van der Waals surface area contributed by atoms with Crippen molar-refractivity contribution < 1.29 is 14.6 Å². The fourth-order valence-corrected chi connectivity index (χ4v) is 4.07. The zero-order chi connectivity index (χ0) is 22.9. The topological polar surface area (TPSA) is 58.6 Å². The van der Waals surface area contributed by atoms with E-state index in [1.807, 2.05) is 13.0 Å². The van der Waals surface area contributed by atoms with Crippen molar-refractivity contribution in [2.75, 3.05) is 6.61 Å². The van der Waals surface area contributed by atoms with Crippen LogP contribution >= 0.6 is 11.6 Å². The summed E-state index contributed by atoms with van der Waals surface area (Å²) in [4.78, 5) is 12.6. The molecule has 0 unspecified atom stereocenters. The maximum absolute atomic E-state index is 12.6. The summed E-state index contributed by atoms with van der Waals surface area (Å²) < 4.78 is 5.49. The van der Waals surface area contributed by atoms with Gasteiger partial charge in [-0.2, -0.15) is 0 Å². The van der Waals surface area contributed by atoms with E-state index < -0.39 is 6.10 Å². The number of unbranched alkanes of at least 4 members (excludes halogenated alkanes) is 9. The van der Waals surface area contributed by atoms with E-state index in [1.54, 1.807) is 12.1 Å². The molecule has 1 aromatic carbocycles. The van der Waals surface area contributed by atoms with Crippen LogP contribution in [0.3, 0.4) is 0 Å². The highest BCUT2D eigenvalue weighted by Gasteiger charge is 2.23. The van der Waals surface area contributed by atoms with Gasteiger partial charge in [-0.25, -0.2) is 0 Å². The summed E-state index contributed by atoms with van der Waals surface area (Å²) in [6, 6.07) is 5.08. The molecule has 0 saturated heterocycles. The quantitative estimate of drug-likeness (QED) is 0.228. The Balaban J connectivity index is 2.67. The number of aliphatic hydroxyl groups excluding tert-OH is 1. The van der Waals surface area contributed by atoms with Crippen LogP contribution in [0.5, 0.6) is 5.75 Å². The number of benzene rings is 1. The Morgan fingerprint density at radius 2 is 1.58 bits per heavy atom. The molecule has 1 amide bonds. The second-order valence-corrected chi connectivity index (χ2v) is 8.87. The van der Waals surface area contributed by atoms with E-state index in [0.29, 0.717) is 29.4 Å². The molecule has 0 aliphatic heterocycles. The van der Waals surface area contributed by atoms with Crippen LogP contribution in [-0.2, 0) is 4.79 Å². The monoisotopic (exact) mass is 453 g/mol. The van der Waals surface area contributed by atoms with Gasteiger partial charge < -0.3 is 15.2 Å². The summed E-state index contributed by atoms with van der Waals surface area (Å²) in [5.74, 6) is 0.647. The normalized spacial score (nSPS) is 13.1. The Morgan fingerprint density at radius 3 is 2.19 bits per heavy atom. The van der Waals surface area contributed by atoms with E-state index in [-0.39, 0.29) is 11.9 Å². The number of nitrogens with one attached hydrogen (secondary N) is 1. The highest BCUT2D eigenvalue weighted by atomic mass is 35.5. The van der Waals surface area contributed by atoms with Gasteiger partial charge in [-0.05, 0) is 37.5 Å². The van der Waals surface area contributed by atoms with E-state index in [0.717, 1.165) is 32.1 Å². The van der Waals surface area contributed by atoms with E-state index in [1.165, 1.54) is 44.9 Å². The molecule has 2 atom stereocenters. The second kappa shape index (κ2) is 17.3. The third-order valence-electron chi connectivity index (χ3n) is 5.70. The Morgan fingerprint density at radius 1 is 0.968 bits per heavy atom. The predicted molar refractivity (Wildman–Crippen MR) is 131 cm³/mol. The van der Waals surface area contributed by atoms with Gasteiger partial charge in [0, 0.05) is 6.42 Å². The Bertz CT molecular complexity index is 608. The molecule has 0 aliphatic rings. The van der Waals surface area contributed by atoms with Crippen LogP contribution in [0.15, 0.2) is 18.2 Å². The van der Waals surface area contributed by atoms with Crippen LogP contribution in [-0.4, -0.2) is 23.7 Å². The van der Waals surface area contributed by atoms with Crippen molar-refractivity contribution in [2.45, 2.75) is 116 Å². The summed E-state index contributed by atoms with van der Waals surface area (Å²) in [5.41, 5.74) is 0.715. The van der Waals surface area contributed by atoms with Gasteiger partial charge in [0.05, 0.1) is 23.8 Å². The van der Waals surface area contributed by atoms with Crippen LogP contribution < -0.4 is 10.1 Å². The molecular weight excluding hydrogens is 410 g/mol. The van der Waals surface area contributed by atoms with Gasteiger partial charge in [-0.1, -0.05) is 95.7 Å². The van der Waals surface area contributed by atoms with Crippen molar-refractivity contribution in [1.29, 1.82) is 0 Å². The van der Waals surface area contributed by atoms with Crippen LogP contribution in [0.1, 0.15) is 116 Å². The van der Waals surface area contributed by atoms with Gasteiger partial charge >= 0.3 is 0 Å². The van der Waals surface area contributed by atoms with E-state index in [2.05, 4.69) is 19.2 Å². The lowest BCUT2D eigenvalue weighted by Crippen LogP contribution is -2.39. The number of halogens is 1. The van der Waals surface area contributed by atoms with Gasteiger partial charge in [0.15, 0.2) is 0 Å². The molecule has 4 nitrogen and oxygen atoms in total. The minimum atomic E-state index is -0.784. The molecule has 0 heterocycles. The largest absolute Gasteiger partial charge is 0.492 e. The third kappa shape index (κ3) is 11.8. The first kappa shape index (κ1) is 27.8. The average molecular weight is 454 g/mol. The summed E-state index contributed by atoms with van der Waals surface area (Å²) in [6.45, 7) is 6.85. The SMILES string of the molecule is CCCCCCCCC(=O)N[C@H](CCCCCCC)[C@H](O)c1ccc(OCC)c(Cl)c1. The first-order valence-electron chi connectivity index (χ1n) is 12.4. The maximum Gasteiger partial charge on any atom is 0.220 e. The molecule has 178 valence electrons. The van der Waals surface area contributed by atoms with Crippen LogP contribution in [0.4, 0.5) is 0 Å². The van der Waals surface area contributed by atoms with Crippen molar-refractivity contribution in [1.82, 2.24) is 5.32 Å². The summed E-state index contributed by atoms with van der Waals surface area (Å²) >= 11 is 6.32. The Hall–Kier alpha value is -1.26. The third-order valence-corrected chi connectivity index (χ3v) is 6.00. The number of amides is 1. The summed E-state index contributed by atoms with van der Waals surface area (Å²) in [5, 5.41) is 14.6. The molecule has 0 bridgehead atoms. The molecular formula is C26H44ClNO3. The van der Waals surface area contributed by atoms with Crippen molar-refractivity contribution in [3.8, 4) is 5.75 Å². The summed E-state index contributed by atoms with van der Waals surface area (Å²) in [6.07, 6.45) is 13.2. The molecule has 5 heteroatoms. The number of carbonyl (C=O) groups excluding carboxylic acids is 1. The predicted octanol–water partition coefficient (Wildman–Crippen LogP) is 7.37. The van der Waals surface area contributed by atoms with Crippen LogP contribution in [0, 0.1) is 0 Å². The lowest BCUT2D eigenvalue weighted by Gasteiger charge is -2.25. The average Bonchev–Trinajstić information content (AvgIpc) is 2.76. The van der Waals surface area contributed by atoms with Crippen molar-refractivity contribution in [3.05, 3.63) is 28.8 Å². The number of hydrogen-bond acceptors (Lipinski definition) is 3. The molecule has 0 fully saturated rings. The van der Waals surface area contributed by atoms with Crippen molar-refractivity contribution >= 4 is 17.5 Å². The standard InChI is InChI=1S/C26H44ClNO3/c1-4-7-9-11-13-15-17-25(29)28-23(16-14-12-10-8-5-2)26(30)21-18-19-24(31-6-3)22(27)20-21/h18-20,23,26,30H,4-17H2,1-3H3,(H,28,29)/t23-,26-/m1/s1. The van der Waals surface area contributed by atoms with Crippen LogP contribution in [0.2, 0.25) is 5.02 Å². The van der Waals surface area contributed by atoms with Crippen molar-refractivity contribution in [2.24, 2.45) is 0 Å². The molecule has 1 aromatic rings. The summed E-state index contributed by atoms with van der Waals surface area (Å²) in [7, 11) is 0. The smallest absolute Gasteiger partial charge is 0.220 e. The molecule has 0 aromatic heterocycles. The van der Waals surface area contributed by atoms with Gasteiger partial charge in [-0.15, -0.1) is 0 Å². The molecule has 0 saturated carbocycles. The zero-order valence-corrected chi connectivity index (χ0v) is 20.7. The number of ether oxygens (including phenoxy) is 1. The van der Waals surface area contributed by atoms with E-state index in [4.69, 9.17) is 16.3 Å². The van der Waals surface area contributed by atoms with Crippen molar-refractivity contribution in [3.63, 3.8) is 0 Å². The maximum atomic E-state index is 12.6. The number of hydrogen-bond donors (Lipinski definition) is 2. The fraction of sp³-hybridized carbons (Fsp3) is 0.731. The lowest BCUT2D eigenvalue weighted by atomic mass is 9.96. The van der Waals surface area contributed by atoms with Gasteiger partial charge in [0.1, 0.15) is 5.75 Å². The Kier molecular flexibility index (Phi) is 15.5. The minimum absolute atomic E-state index is 0.0325. The molecule has 31 heavy (non-hydrogen) atoms. The van der Waals surface area contributed by atoms with Gasteiger partial charge in [-0.3, -0.25) is 4.79 Å². The second-order valence-electron chi connectivity index (χ2n) is 8.46. The molecule has 0 aliphatic carbocycles. The molecule has 1 rings (SSSR count). The number of rotatable bonds is 18.